The van der Waals surface area contributed by atoms with E-state index in [0.29, 0.717) is 78.6 Å². The minimum atomic E-state index is -4.57. The first-order valence-electron chi connectivity index (χ1n) is 18.3. The Morgan fingerprint density at radius 1 is 0.852 bits per heavy atom. The van der Waals surface area contributed by atoms with Crippen molar-refractivity contribution in [2.75, 3.05) is 52.0 Å². The number of benzene rings is 5. The number of ether oxygens (including phenoxy) is 5. The molecule has 0 bridgehead atoms. The first kappa shape index (κ1) is 35.9. The van der Waals surface area contributed by atoms with Gasteiger partial charge >= 0.3 is 6.18 Å². The van der Waals surface area contributed by atoms with E-state index in [4.69, 9.17) is 23.7 Å². The molecular formula is C44H41F4NO5. The van der Waals surface area contributed by atoms with Gasteiger partial charge in [0, 0.05) is 40.7 Å². The molecule has 1 fully saturated rings. The summed E-state index contributed by atoms with van der Waals surface area (Å²) < 4.78 is 87.9. The lowest BCUT2D eigenvalue weighted by atomic mass is 9.78. The summed E-state index contributed by atoms with van der Waals surface area (Å²) in [5.74, 6) is 1.34. The van der Waals surface area contributed by atoms with Gasteiger partial charge in [-0.2, -0.15) is 13.2 Å². The Morgan fingerprint density at radius 3 is 2.22 bits per heavy atom. The van der Waals surface area contributed by atoms with Crippen molar-refractivity contribution in [3.8, 4) is 28.4 Å². The van der Waals surface area contributed by atoms with Gasteiger partial charge in [-0.15, -0.1) is 0 Å². The molecule has 5 aromatic carbocycles. The van der Waals surface area contributed by atoms with Gasteiger partial charge in [0.25, 0.3) is 0 Å². The number of fused-ring (bicyclic) bond motifs is 8. The van der Waals surface area contributed by atoms with Crippen molar-refractivity contribution in [2.45, 2.75) is 43.6 Å². The molecule has 280 valence electrons. The second-order valence-corrected chi connectivity index (χ2v) is 13.9. The molecule has 2 heterocycles. The molecule has 0 N–H and O–H groups in total. The number of hydrogen-bond donors (Lipinski definition) is 0. The Morgan fingerprint density at radius 2 is 1.56 bits per heavy atom. The fourth-order valence-corrected chi connectivity index (χ4v) is 8.38. The number of rotatable bonds is 10. The fraction of sp³-hybridized carbons (Fsp3) is 0.318. The van der Waals surface area contributed by atoms with Gasteiger partial charge in [-0.1, -0.05) is 74.4 Å². The normalized spacial score (nSPS) is 20.3. The van der Waals surface area contributed by atoms with Crippen LogP contribution in [0.4, 0.5) is 23.2 Å². The molecule has 5 aromatic rings. The zero-order valence-corrected chi connectivity index (χ0v) is 30.4. The number of anilines is 1. The van der Waals surface area contributed by atoms with Crippen LogP contribution in [-0.2, 0) is 20.7 Å². The summed E-state index contributed by atoms with van der Waals surface area (Å²) in [6, 6.07) is 25.3. The van der Waals surface area contributed by atoms with E-state index in [1.165, 1.54) is 12.1 Å². The van der Waals surface area contributed by atoms with E-state index in [-0.39, 0.29) is 0 Å². The van der Waals surface area contributed by atoms with E-state index >= 15 is 0 Å². The van der Waals surface area contributed by atoms with E-state index < -0.39 is 29.8 Å². The molecule has 1 saturated heterocycles. The Kier molecular flexibility index (Phi) is 9.30. The number of unbranched alkanes of at least 4 members (excludes halogenated alkanes) is 1. The van der Waals surface area contributed by atoms with E-state index in [1.54, 1.807) is 26.4 Å². The summed E-state index contributed by atoms with van der Waals surface area (Å²) in [4.78, 5) is 2.21. The number of alkyl halides is 3. The predicted molar refractivity (Wildman–Crippen MR) is 201 cm³/mol. The second kappa shape index (κ2) is 14.0. The maximum Gasteiger partial charge on any atom is 0.411 e. The zero-order chi connectivity index (χ0) is 37.7. The highest BCUT2D eigenvalue weighted by Crippen LogP contribution is 2.61. The molecule has 0 radical (unpaired) electrons. The highest BCUT2D eigenvalue weighted by molar-refractivity contribution is 6.10. The van der Waals surface area contributed by atoms with Crippen molar-refractivity contribution in [1.29, 1.82) is 0 Å². The molecule has 2 aliphatic heterocycles. The van der Waals surface area contributed by atoms with Crippen LogP contribution < -0.4 is 19.1 Å². The minimum absolute atomic E-state index is 0.323. The van der Waals surface area contributed by atoms with Gasteiger partial charge in [0.1, 0.15) is 35.3 Å². The van der Waals surface area contributed by atoms with Gasteiger partial charge in [-0.05, 0) is 71.0 Å². The third kappa shape index (κ3) is 5.96. The Bertz CT molecular complexity index is 2210. The Labute approximate surface area is 311 Å². The van der Waals surface area contributed by atoms with Crippen LogP contribution >= 0.6 is 0 Å². The SMILES string of the molecule is CCCCC1(OCC(F)(F)F)c2ccccc2-c2c1c1c(c3cc(OC)c(N4CCOCC4)cc23)OC(c2ccc(F)cc2)(c2ccc(OC)cc2)C=C1. The highest BCUT2D eigenvalue weighted by atomic mass is 19.4. The van der Waals surface area contributed by atoms with E-state index in [1.807, 2.05) is 73.7 Å². The van der Waals surface area contributed by atoms with Crippen LogP contribution in [0.2, 0.25) is 0 Å². The van der Waals surface area contributed by atoms with Crippen LogP contribution in [0.5, 0.6) is 17.2 Å². The Hall–Kier alpha value is -5.06. The van der Waals surface area contributed by atoms with Crippen molar-refractivity contribution < 1.29 is 41.2 Å². The monoisotopic (exact) mass is 739 g/mol. The third-order valence-electron chi connectivity index (χ3n) is 10.9. The summed E-state index contributed by atoms with van der Waals surface area (Å²) in [7, 11) is 3.22. The molecule has 0 aromatic heterocycles. The molecule has 54 heavy (non-hydrogen) atoms. The van der Waals surface area contributed by atoms with Crippen molar-refractivity contribution in [1.82, 2.24) is 0 Å². The van der Waals surface area contributed by atoms with Crippen molar-refractivity contribution >= 4 is 22.5 Å². The lowest BCUT2D eigenvalue weighted by Crippen LogP contribution is -2.37. The Balaban J connectivity index is 1.48. The number of nitrogens with zero attached hydrogens (tertiary/aromatic N) is 1. The number of morpholine rings is 1. The lowest BCUT2D eigenvalue weighted by Gasteiger charge is -2.40. The number of halogens is 4. The molecular weight excluding hydrogens is 698 g/mol. The van der Waals surface area contributed by atoms with Gasteiger partial charge in [0.2, 0.25) is 0 Å². The number of methoxy groups -OCH3 is 2. The predicted octanol–water partition coefficient (Wildman–Crippen LogP) is 10.2. The second-order valence-electron chi connectivity index (χ2n) is 13.9. The molecule has 6 nitrogen and oxygen atoms in total. The topological polar surface area (TPSA) is 49.4 Å². The molecule has 2 unspecified atom stereocenters. The van der Waals surface area contributed by atoms with Crippen LogP contribution in [0, 0.1) is 5.82 Å². The van der Waals surface area contributed by atoms with E-state index in [2.05, 4.69) is 11.0 Å². The molecule has 0 saturated carbocycles. The van der Waals surface area contributed by atoms with Crippen molar-refractivity contribution in [2.24, 2.45) is 0 Å². The smallest absolute Gasteiger partial charge is 0.411 e. The molecule has 1 aliphatic carbocycles. The molecule has 8 rings (SSSR count). The van der Waals surface area contributed by atoms with Gasteiger partial charge in [-0.3, -0.25) is 0 Å². The molecule has 10 heteroatoms. The van der Waals surface area contributed by atoms with Crippen LogP contribution in [0.15, 0.2) is 91.0 Å². The maximum absolute atomic E-state index is 14.4. The summed E-state index contributed by atoms with van der Waals surface area (Å²) >= 11 is 0. The van der Waals surface area contributed by atoms with Crippen molar-refractivity contribution in [3.05, 3.63) is 125 Å². The van der Waals surface area contributed by atoms with Crippen LogP contribution in [0.3, 0.4) is 0 Å². The lowest BCUT2D eigenvalue weighted by molar-refractivity contribution is -0.201. The first-order chi connectivity index (χ1) is 26.1. The largest absolute Gasteiger partial charge is 0.497 e. The summed E-state index contributed by atoms with van der Waals surface area (Å²) in [5, 5.41) is 1.52. The minimum Gasteiger partial charge on any atom is -0.497 e. The zero-order valence-electron chi connectivity index (χ0n) is 30.4. The van der Waals surface area contributed by atoms with E-state index in [9.17, 15) is 17.6 Å². The first-order valence-corrected chi connectivity index (χ1v) is 18.3. The maximum atomic E-state index is 14.4. The number of hydrogen-bond acceptors (Lipinski definition) is 6. The van der Waals surface area contributed by atoms with Crippen molar-refractivity contribution in [3.63, 3.8) is 0 Å². The molecule has 0 amide bonds. The summed E-state index contributed by atoms with van der Waals surface area (Å²) in [6.45, 7) is 2.98. The quantitative estimate of drug-likeness (QED) is 0.133. The highest BCUT2D eigenvalue weighted by Gasteiger charge is 2.50. The molecule has 2 atom stereocenters. The standard InChI is InChI=1S/C44H41F4NO5/c1-4-5-19-43(53-27-44(46,47)48)36-9-7-6-8-32(36)39-34-25-37(49-21-23-52-24-22-49)38(51-3)26-35(34)41-33(40(39)43)18-20-42(54-41,28-10-14-30(45)15-11-28)29-12-16-31(50-2)17-13-29/h6-18,20,25-26H,4-5,19,21-24,27H2,1-3H3. The average molecular weight is 740 g/mol. The van der Waals surface area contributed by atoms with Gasteiger partial charge in [-0.25, -0.2) is 4.39 Å². The average Bonchev–Trinajstić information content (AvgIpc) is 3.49. The van der Waals surface area contributed by atoms with Crippen LogP contribution in [-0.4, -0.2) is 53.3 Å². The van der Waals surface area contributed by atoms with Gasteiger partial charge < -0.3 is 28.6 Å². The fourth-order valence-electron chi connectivity index (χ4n) is 8.38. The molecule has 3 aliphatic rings. The summed E-state index contributed by atoms with van der Waals surface area (Å²) in [5.41, 5.74) is 3.15. The van der Waals surface area contributed by atoms with Crippen LogP contribution in [0.25, 0.3) is 28.0 Å². The van der Waals surface area contributed by atoms with E-state index in [0.717, 1.165) is 39.6 Å². The third-order valence-corrected chi connectivity index (χ3v) is 10.9. The van der Waals surface area contributed by atoms with Gasteiger partial charge in [0.15, 0.2) is 5.60 Å². The summed E-state index contributed by atoms with van der Waals surface area (Å²) in [6.07, 6.45) is 0.979. The molecule has 0 spiro atoms. The van der Waals surface area contributed by atoms with Crippen LogP contribution in [0.1, 0.15) is 54.0 Å². The van der Waals surface area contributed by atoms with Gasteiger partial charge in [0.05, 0.1) is 33.1 Å².